The van der Waals surface area contributed by atoms with E-state index in [4.69, 9.17) is 9.84 Å². The molecule has 1 aromatic rings. The first kappa shape index (κ1) is 11.1. The maximum Gasteiger partial charge on any atom is 0.308 e. The Balaban J connectivity index is 2.38. The Morgan fingerprint density at radius 2 is 2.50 bits per heavy atom. The zero-order valence-electron chi connectivity index (χ0n) is 8.02. The second kappa shape index (κ2) is 5.72. The number of aryl methyl sites for hydroxylation is 1. The monoisotopic (exact) mass is 215 g/mol. The Hall–Kier alpha value is -0.940. The van der Waals surface area contributed by atoms with E-state index in [-0.39, 0.29) is 6.42 Å². The lowest BCUT2D eigenvalue weighted by Gasteiger charge is -1.94. The van der Waals surface area contributed by atoms with Crippen molar-refractivity contribution in [3.8, 4) is 0 Å². The van der Waals surface area contributed by atoms with E-state index in [2.05, 4.69) is 4.98 Å². The Morgan fingerprint density at radius 3 is 3.14 bits per heavy atom. The number of carbonyl (C=O) groups is 1. The molecule has 0 unspecified atom stereocenters. The third kappa shape index (κ3) is 3.85. The third-order valence-electron chi connectivity index (χ3n) is 1.67. The molecule has 0 aliphatic carbocycles. The number of ether oxygens (including phenoxy) is 1. The van der Waals surface area contributed by atoms with Crippen LogP contribution in [0.1, 0.15) is 16.3 Å². The molecule has 0 aliphatic heterocycles. The van der Waals surface area contributed by atoms with E-state index in [9.17, 15) is 4.79 Å². The fourth-order valence-electron chi connectivity index (χ4n) is 1.06. The summed E-state index contributed by atoms with van der Waals surface area (Å²) in [6, 6.07) is 0. The molecule has 0 aromatic carbocycles. The Bertz CT molecular complexity index is 298. The van der Waals surface area contributed by atoms with Crippen LogP contribution in [0.2, 0.25) is 0 Å². The van der Waals surface area contributed by atoms with Crippen LogP contribution in [0.4, 0.5) is 0 Å². The molecule has 5 heteroatoms. The number of hydrogen-bond acceptors (Lipinski definition) is 4. The summed E-state index contributed by atoms with van der Waals surface area (Å²) in [5, 5.41) is 9.53. The number of hydrogen-bond donors (Lipinski definition) is 1. The first-order chi connectivity index (χ1) is 6.72. The van der Waals surface area contributed by atoms with E-state index in [1.165, 1.54) is 11.3 Å². The van der Waals surface area contributed by atoms with Crippen molar-refractivity contribution >= 4 is 17.3 Å². The minimum Gasteiger partial charge on any atom is -0.481 e. The molecule has 0 radical (unpaired) electrons. The predicted molar refractivity (Wildman–Crippen MR) is 53.7 cm³/mol. The molecule has 1 heterocycles. The number of aliphatic carboxylic acids is 1. The Morgan fingerprint density at radius 1 is 1.71 bits per heavy atom. The molecule has 1 rings (SSSR count). The standard InChI is InChI=1S/C9H13NO3S/c1-13-4-2-3-8-10-6-7(14-8)5-9(11)12/h6H,2-5H2,1H3,(H,11,12). The van der Waals surface area contributed by atoms with Crippen molar-refractivity contribution in [2.24, 2.45) is 0 Å². The number of rotatable bonds is 6. The van der Waals surface area contributed by atoms with Crippen molar-refractivity contribution in [3.63, 3.8) is 0 Å². The van der Waals surface area contributed by atoms with E-state index in [1.54, 1.807) is 13.3 Å². The number of aromatic nitrogens is 1. The van der Waals surface area contributed by atoms with Crippen LogP contribution in [-0.2, 0) is 22.4 Å². The number of nitrogens with zero attached hydrogens (tertiary/aromatic N) is 1. The summed E-state index contributed by atoms with van der Waals surface area (Å²) in [5.41, 5.74) is 0. The van der Waals surface area contributed by atoms with Gasteiger partial charge in [0.15, 0.2) is 0 Å². The summed E-state index contributed by atoms with van der Waals surface area (Å²) in [6.45, 7) is 0.716. The van der Waals surface area contributed by atoms with Crippen LogP contribution >= 0.6 is 11.3 Å². The summed E-state index contributed by atoms with van der Waals surface area (Å²) in [6.07, 6.45) is 3.50. The van der Waals surface area contributed by atoms with Gasteiger partial charge in [-0.25, -0.2) is 4.98 Å². The second-order valence-electron chi connectivity index (χ2n) is 2.89. The van der Waals surface area contributed by atoms with Gasteiger partial charge in [0.25, 0.3) is 0 Å². The van der Waals surface area contributed by atoms with Gasteiger partial charge in [0.2, 0.25) is 0 Å². The van der Waals surface area contributed by atoms with Crippen molar-refractivity contribution in [1.29, 1.82) is 0 Å². The van der Waals surface area contributed by atoms with Crippen LogP contribution < -0.4 is 0 Å². The van der Waals surface area contributed by atoms with Crippen molar-refractivity contribution in [2.45, 2.75) is 19.3 Å². The van der Waals surface area contributed by atoms with Gasteiger partial charge in [-0.1, -0.05) is 0 Å². The van der Waals surface area contributed by atoms with Crippen LogP contribution in [0.15, 0.2) is 6.20 Å². The smallest absolute Gasteiger partial charge is 0.308 e. The number of methoxy groups -OCH3 is 1. The van der Waals surface area contributed by atoms with Crippen molar-refractivity contribution in [2.75, 3.05) is 13.7 Å². The second-order valence-corrected chi connectivity index (χ2v) is 4.09. The topological polar surface area (TPSA) is 59.4 Å². The first-order valence-corrected chi connectivity index (χ1v) is 5.18. The molecule has 0 saturated carbocycles. The van der Waals surface area contributed by atoms with Gasteiger partial charge in [-0.3, -0.25) is 4.79 Å². The van der Waals surface area contributed by atoms with E-state index in [0.717, 1.165) is 22.7 Å². The SMILES string of the molecule is COCCCc1ncc(CC(=O)O)s1. The lowest BCUT2D eigenvalue weighted by Crippen LogP contribution is -1.97. The zero-order valence-corrected chi connectivity index (χ0v) is 8.84. The van der Waals surface area contributed by atoms with Crippen LogP contribution in [0.25, 0.3) is 0 Å². The van der Waals surface area contributed by atoms with Crippen molar-refractivity contribution in [3.05, 3.63) is 16.1 Å². The summed E-state index contributed by atoms with van der Waals surface area (Å²) >= 11 is 1.46. The highest BCUT2D eigenvalue weighted by Gasteiger charge is 2.05. The normalized spacial score (nSPS) is 10.4. The highest BCUT2D eigenvalue weighted by molar-refractivity contribution is 7.11. The number of carboxylic acids is 1. The van der Waals surface area contributed by atoms with Crippen LogP contribution in [-0.4, -0.2) is 29.8 Å². The van der Waals surface area contributed by atoms with E-state index in [0.29, 0.717) is 6.61 Å². The molecule has 0 aliphatic rings. The van der Waals surface area contributed by atoms with Gasteiger partial charge in [0.1, 0.15) is 0 Å². The molecule has 0 atom stereocenters. The molecule has 1 aromatic heterocycles. The molecular formula is C9H13NO3S. The Labute approximate surface area is 86.6 Å². The van der Waals surface area contributed by atoms with Crippen LogP contribution in [0.3, 0.4) is 0 Å². The van der Waals surface area contributed by atoms with E-state index < -0.39 is 5.97 Å². The molecule has 0 amide bonds. The minimum atomic E-state index is -0.808. The summed E-state index contributed by atoms with van der Waals surface area (Å²) in [4.78, 5) is 15.3. The lowest BCUT2D eigenvalue weighted by atomic mass is 10.3. The molecule has 4 nitrogen and oxygen atoms in total. The average Bonchev–Trinajstić information content (AvgIpc) is 2.52. The van der Waals surface area contributed by atoms with Crippen molar-refractivity contribution in [1.82, 2.24) is 4.98 Å². The summed E-state index contributed by atoms with van der Waals surface area (Å²) < 4.78 is 4.92. The third-order valence-corrected chi connectivity index (χ3v) is 2.72. The fourth-order valence-corrected chi connectivity index (χ4v) is 2.02. The summed E-state index contributed by atoms with van der Waals surface area (Å²) in [7, 11) is 1.66. The maximum atomic E-state index is 10.4. The number of carboxylic acid groups (broad SMARTS) is 1. The maximum absolute atomic E-state index is 10.4. The Kier molecular flexibility index (Phi) is 4.55. The van der Waals surface area contributed by atoms with Gasteiger partial charge >= 0.3 is 5.97 Å². The van der Waals surface area contributed by atoms with Gasteiger partial charge in [0, 0.05) is 31.2 Å². The zero-order chi connectivity index (χ0) is 10.4. The highest BCUT2D eigenvalue weighted by Crippen LogP contribution is 2.15. The highest BCUT2D eigenvalue weighted by atomic mass is 32.1. The van der Waals surface area contributed by atoms with Crippen molar-refractivity contribution < 1.29 is 14.6 Å². The quantitative estimate of drug-likeness (QED) is 0.728. The number of thiazole rings is 1. The van der Waals surface area contributed by atoms with Gasteiger partial charge in [-0.2, -0.15) is 0 Å². The average molecular weight is 215 g/mol. The molecule has 1 N–H and O–H groups in total. The van der Waals surface area contributed by atoms with Gasteiger partial charge < -0.3 is 9.84 Å². The van der Waals surface area contributed by atoms with E-state index in [1.807, 2.05) is 0 Å². The largest absolute Gasteiger partial charge is 0.481 e. The molecule has 0 saturated heterocycles. The molecule has 0 spiro atoms. The minimum absolute atomic E-state index is 0.0714. The summed E-state index contributed by atoms with van der Waals surface area (Å²) in [5.74, 6) is -0.808. The van der Waals surface area contributed by atoms with E-state index >= 15 is 0 Å². The van der Waals surface area contributed by atoms with Gasteiger partial charge in [-0.05, 0) is 6.42 Å². The van der Waals surface area contributed by atoms with Gasteiger partial charge in [0.05, 0.1) is 11.4 Å². The molecule has 14 heavy (non-hydrogen) atoms. The molecule has 78 valence electrons. The van der Waals surface area contributed by atoms with Crippen LogP contribution in [0.5, 0.6) is 0 Å². The molecule has 0 fully saturated rings. The van der Waals surface area contributed by atoms with Gasteiger partial charge in [-0.15, -0.1) is 11.3 Å². The predicted octanol–water partition coefficient (Wildman–Crippen LogP) is 1.35. The van der Waals surface area contributed by atoms with Crippen LogP contribution in [0, 0.1) is 0 Å². The molecule has 0 bridgehead atoms. The fraction of sp³-hybridized carbons (Fsp3) is 0.556. The lowest BCUT2D eigenvalue weighted by molar-refractivity contribution is -0.136. The molecular weight excluding hydrogens is 202 g/mol. The first-order valence-electron chi connectivity index (χ1n) is 4.36.